The van der Waals surface area contributed by atoms with Gasteiger partial charge < -0.3 is 19.6 Å². The van der Waals surface area contributed by atoms with E-state index < -0.39 is 11.4 Å². The average molecular weight is 385 g/mol. The number of nitrogens with one attached hydrogen (secondary N) is 1. The number of carbonyl (C=O) groups is 2. The van der Waals surface area contributed by atoms with Gasteiger partial charge in [-0.05, 0) is 48.1 Å². The zero-order chi connectivity index (χ0) is 19.8. The van der Waals surface area contributed by atoms with Gasteiger partial charge in [0.25, 0.3) is 0 Å². The summed E-state index contributed by atoms with van der Waals surface area (Å²) in [6, 6.07) is 11.2. The van der Waals surface area contributed by atoms with E-state index in [1.54, 1.807) is 6.26 Å². The average Bonchev–Trinajstić information content (AvgIpc) is 3.15. The SMILES string of the molecule is O=C(O)CC1(CC(=O)Nc2cccc(COCc3ccco3)c2)CCCCC1. The molecule has 6 nitrogen and oxygen atoms in total. The van der Waals surface area contributed by atoms with E-state index in [0.717, 1.165) is 43.4 Å². The van der Waals surface area contributed by atoms with Crippen molar-refractivity contribution in [1.82, 2.24) is 0 Å². The molecular weight excluding hydrogens is 358 g/mol. The normalized spacial score (nSPS) is 15.9. The van der Waals surface area contributed by atoms with E-state index in [1.165, 1.54) is 0 Å². The largest absolute Gasteiger partial charge is 0.481 e. The molecule has 3 rings (SSSR count). The Kier molecular flexibility index (Phi) is 6.87. The molecule has 1 saturated carbocycles. The van der Waals surface area contributed by atoms with Gasteiger partial charge in [-0.2, -0.15) is 0 Å². The zero-order valence-electron chi connectivity index (χ0n) is 16.0. The maximum absolute atomic E-state index is 12.6. The molecule has 2 aromatic rings. The molecule has 1 heterocycles. The number of carbonyl (C=O) groups excluding carboxylic acids is 1. The van der Waals surface area contributed by atoms with E-state index in [4.69, 9.17) is 9.15 Å². The third-order valence-corrected chi connectivity index (χ3v) is 5.28. The first kappa shape index (κ1) is 20.1. The summed E-state index contributed by atoms with van der Waals surface area (Å²) < 4.78 is 10.9. The van der Waals surface area contributed by atoms with Gasteiger partial charge in [-0.15, -0.1) is 0 Å². The molecule has 1 aliphatic carbocycles. The molecule has 2 N–H and O–H groups in total. The highest BCUT2D eigenvalue weighted by Crippen LogP contribution is 2.42. The smallest absolute Gasteiger partial charge is 0.303 e. The molecule has 28 heavy (non-hydrogen) atoms. The zero-order valence-corrected chi connectivity index (χ0v) is 16.0. The van der Waals surface area contributed by atoms with Crippen LogP contribution in [0.4, 0.5) is 5.69 Å². The van der Waals surface area contributed by atoms with Crippen molar-refractivity contribution in [3.8, 4) is 0 Å². The summed E-state index contributed by atoms with van der Waals surface area (Å²) in [7, 11) is 0. The van der Waals surface area contributed by atoms with Crippen molar-refractivity contribution in [2.45, 2.75) is 58.2 Å². The van der Waals surface area contributed by atoms with E-state index in [-0.39, 0.29) is 18.7 Å². The number of anilines is 1. The highest BCUT2D eigenvalue weighted by molar-refractivity contribution is 5.91. The number of hydrogen-bond acceptors (Lipinski definition) is 4. The van der Waals surface area contributed by atoms with Crippen LogP contribution in [0, 0.1) is 5.41 Å². The van der Waals surface area contributed by atoms with E-state index >= 15 is 0 Å². The molecular formula is C22H27NO5. The third kappa shape index (κ3) is 5.96. The fourth-order valence-corrected chi connectivity index (χ4v) is 3.99. The van der Waals surface area contributed by atoms with Crippen molar-refractivity contribution >= 4 is 17.6 Å². The number of rotatable bonds is 9. The Morgan fingerprint density at radius 1 is 1.07 bits per heavy atom. The lowest BCUT2D eigenvalue weighted by atomic mass is 9.69. The second kappa shape index (κ2) is 9.55. The van der Waals surface area contributed by atoms with Crippen molar-refractivity contribution in [2.24, 2.45) is 5.41 Å². The number of furan rings is 1. The minimum Gasteiger partial charge on any atom is -0.481 e. The van der Waals surface area contributed by atoms with E-state index in [9.17, 15) is 14.7 Å². The predicted octanol–water partition coefficient (Wildman–Crippen LogP) is 4.75. The van der Waals surface area contributed by atoms with Gasteiger partial charge >= 0.3 is 5.97 Å². The van der Waals surface area contributed by atoms with E-state index in [1.807, 2.05) is 36.4 Å². The number of hydrogen-bond donors (Lipinski definition) is 2. The molecule has 1 aliphatic rings. The standard InChI is InChI=1S/C22H27NO5/c24-20(13-22(14-21(25)26)9-2-1-3-10-22)23-18-7-4-6-17(12-18)15-27-16-19-8-5-11-28-19/h4-8,11-12H,1-3,9-10,13-16H2,(H,23,24)(H,25,26). The van der Waals surface area contributed by atoms with Crippen molar-refractivity contribution in [1.29, 1.82) is 0 Å². The second-order valence-corrected chi connectivity index (χ2v) is 7.63. The fourth-order valence-electron chi connectivity index (χ4n) is 3.99. The lowest BCUT2D eigenvalue weighted by Crippen LogP contribution is -2.32. The number of amides is 1. The molecule has 0 bridgehead atoms. The van der Waals surface area contributed by atoms with E-state index in [0.29, 0.717) is 18.9 Å². The summed E-state index contributed by atoms with van der Waals surface area (Å²) in [5.41, 5.74) is 1.23. The van der Waals surface area contributed by atoms with E-state index in [2.05, 4.69) is 5.32 Å². The van der Waals surface area contributed by atoms with Gasteiger partial charge in [-0.25, -0.2) is 0 Å². The Morgan fingerprint density at radius 2 is 1.89 bits per heavy atom. The minimum absolute atomic E-state index is 0.0566. The minimum atomic E-state index is -0.828. The first-order valence-corrected chi connectivity index (χ1v) is 9.75. The van der Waals surface area contributed by atoms with Gasteiger partial charge in [-0.1, -0.05) is 31.4 Å². The highest BCUT2D eigenvalue weighted by atomic mass is 16.5. The molecule has 0 spiro atoms. The van der Waals surface area contributed by atoms with Gasteiger partial charge in [0.15, 0.2) is 0 Å². The molecule has 0 aliphatic heterocycles. The highest BCUT2D eigenvalue weighted by Gasteiger charge is 2.36. The van der Waals surface area contributed by atoms with Crippen LogP contribution in [0.15, 0.2) is 47.1 Å². The Morgan fingerprint density at radius 3 is 2.61 bits per heavy atom. The summed E-state index contributed by atoms with van der Waals surface area (Å²) >= 11 is 0. The van der Waals surface area contributed by atoms with Crippen LogP contribution in [0.5, 0.6) is 0 Å². The topological polar surface area (TPSA) is 88.8 Å². The number of carboxylic acids is 1. The van der Waals surface area contributed by atoms with Gasteiger partial charge in [-0.3, -0.25) is 9.59 Å². The number of aliphatic carboxylic acids is 1. The molecule has 1 fully saturated rings. The molecule has 0 radical (unpaired) electrons. The van der Waals surface area contributed by atoms with Crippen LogP contribution in [0.2, 0.25) is 0 Å². The Labute approximate surface area is 164 Å². The van der Waals surface area contributed by atoms with Gasteiger partial charge in [0.05, 0.1) is 19.3 Å². The first-order valence-electron chi connectivity index (χ1n) is 9.75. The number of ether oxygens (including phenoxy) is 1. The van der Waals surface area contributed by atoms with Crippen LogP contribution in [0.3, 0.4) is 0 Å². The third-order valence-electron chi connectivity index (χ3n) is 5.28. The summed E-state index contributed by atoms with van der Waals surface area (Å²) in [5, 5.41) is 12.2. The van der Waals surface area contributed by atoms with Crippen LogP contribution in [0.1, 0.15) is 56.3 Å². The monoisotopic (exact) mass is 385 g/mol. The summed E-state index contributed by atoms with van der Waals surface area (Å²) in [6.45, 7) is 0.800. The predicted molar refractivity (Wildman–Crippen MR) is 105 cm³/mol. The number of carboxylic acid groups (broad SMARTS) is 1. The lowest BCUT2D eigenvalue weighted by molar-refractivity contribution is -0.140. The lowest BCUT2D eigenvalue weighted by Gasteiger charge is -2.35. The molecule has 0 unspecified atom stereocenters. The molecule has 0 atom stereocenters. The van der Waals surface area contributed by atoms with Crippen molar-refractivity contribution in [2.75, 3.05) is 5.32 Å². The maximum Gasteiger partial charge on any atom is 0.303 e. The van der Waals surface area contributed by atoms with Gasteiger partial charge in [0.1, 0.15) is 12.4 Å². The summed E-state index contributed by atoms with van der Waals surface area (Å²) in [6.07, 6.45) is 6.60. The van der Waals surface area contributed by atoms with Crippen molar-refractivity contribution in [3.05, 3.63) is 54.0 Å². The maximum atomic E-state index is 12.6. The molecule has 6 heteroatoms. The van der Waals surface area contributed by atoms with Crippen molar-refractivity contribution in [3.63, 3.8) is 0 Å². The Balaban J connectivity index is 1.54. The quantitative estimate of drug-likeness (QED) is 0.650. The van der Waals surface area contributed by atoms with Gasteiger partial charge in [0, 0.05) is 12.1 Å². The van der Waals surface area contributed by atoms with Crippen LogP contribution < -0.4 is 5.32 Å². The number of benzene rings is 1. The van der Waals surface area contributed by atoms with Crippen molar-refractivity contribution < 1.29 is 23.8 Å². The summed E-state index contributed by atoms with van der Waals surface area (Å²) in [5.74, 6) is -0.192. The molecule has 1 aromatic heterocycles. The van der Waals surface area contributed by atoms with Crippen LogP contribution in [-0.2, 0) is 27.5 Å². The first-order chi connectivity index (χ1) is 13.5. The molecule has 150 valence electrons. The molecule has 1 aromatic carbocycles. The van der Waals surface area contributed by atoms with Gasteiger partial charge in [0.2, 0.25) is 5.91 Å². The Hall–Kier alpha value is -2.60. The summed E-state index contributed by atoms with van der Waals surface area (Å²) in [4.78, 5) is 23.9. The second-order valence-electron chi connectivity index (χ2n) is 7.63. The van der Waals surface area contributed by atoms with Crippen LogP contribution >= 0.6 is 0 Å². The Bertz CT molecular complexity index is 778. The fraction of sp³-hybridized carbons (Fsp3) is 0.455. The van der Waals surface area contributed by atoms with Crippen LogP contribution in [0.25, 0.3) is 0 Å². The molecule has 1 amide bonds. The van der Waals surface area contributed by atoms with Crippen LogP contribution in [-0.4, -0.2) is 17.0 Å². The molecule has 0 saturated heterocycles.